The van der Waals surface area contributed by atoms with Crippen molar-refractivity contribution < 1.29 is 24.5 Å². The molecule has 1 unspecified atom stereocenters. The van der Waals surface area contributed by atoms with Crippen molar-refractivity contribution in [1.29, 1.82) is 0 Å². The second-order valence-corrected chi connectivity index (χ2v) is 7.96. The Labute approximate surface area is 175 Å². The minimum atomic E-state index is -0.799. The van der Waals surface area contributed by atoms with E-state index in [1.807, 2.05) is 25.1 Å². The molecule has 0 aliphatic rings. The standard InChI is InChI=1S/C20H28ClNO5S/c1-15(8-9-18(23)14-16-5-3-6-17(21)13-16)22(20(26)27-2)10-12-28-11-4-7-19(24)25/h3,5-6,8-9,13,15,18,23H,4,7,10-12,14H2,1-2H3,(H,24,25)/b9-8+/t15?,18-/m1/s1. The van der Waals surface area contributed by atoms with E-state index in [4.69, 9.17) is 21.4 Å². The van der Waals surface area contributed by atoms with E-state index in [0.717, 1.165) is 11.3 Å². The van der Waals surface area contributed by atoms with E-state index < -0.39 is 18.2 Å². The van der Waals surface area contributed by atoms with Crippen LogP contribution < -0.4 is 0 Å². The first-order valence-corrected chi connectivity index (χ1v) is 10.6. The van der Waals surface area contributed by atoms with Gasteiger partial charge in [0.1, 0.15) is 0 Å². The van der Waals surface area contributed by atoms with Crippen LogP contribution in [0.3, 0.4) is 0 Å². The lowest BCUT2D eigenvalue weighted by atomic mass is 10.1. The van der Waals surface area contributed by atoms with Gasteiger partial charge >= 0.3 is 12.1 Å². The van der Waals surface area contributed by atoms with Gasteiger partial charge in [-0.1, -0.05) is 35.9 Å². The molecule has 0 saturated heterocycles. The molecule has 1 aromatic carbocycles. The third kappa shape index (κ3) is 10.0. The molecule has 0 aliphatic carbocycles. The first-order chi connectivity index (χ1) is 13.3. The molecule has 156 valence electrons. The Morgan fingerprint density at radius 2 is 2.07 bits per heavy atom. The summed E-state index contributed by atoms with van der Waals surface area (Å²) in [5, 5.41) is 19.5. The van der Waals surface area contributed by atoms with Gasteiger partial charge in [0.05, 0.1) is 19.3 Å². The van der Waals surface area contributed by atoms with Crippen molar-refractivity contribution in [1.82, 2.24) is 4.90 Å². The molecule has 1 rings (SSSR count). The molecule has 2 atom stereocenters. The number of hydrogen-bond donors (Lipinski definition) is 2. The molecule has 0 radical (unpaired) electrons. The Morgan fingerprint density at radius 1 is 1.32 bits per heavy atom. The van der Waals surface area contributed by atoms with Crippen molar-refractivity contribution in [3.63, 3.8) is 0 Å². The van der Waals surface area contributed by atoms with Crippen LogP contribution in [0.1, 0.15) is 25.3 Å². The minimum absolute atomic E-state index is 0.150. The summed E-state index contributed by atoms with van der Waals surface area (Å²) in [4.78, 5) is 24.1. The highest BCUT2D eigenvalue weighted by molar-refractivity contribution is 7.99. The maximum absolute atomic E-state index is 12.0. The maximum atomic E-state index is 12.0. The van der Waals surface area contributed by atoms with Crippen molar-refractivity contribution in [3.8, 4) is 0 Å². The van der Waals surface area contributed by atoms with Gasteiger partial charge in [0.15, 0.2) is 0 Å². The number of aliphatic carboxylic acids is 1. The number of amides is 1. The number of aliphatic hydroxyl groups is 1. The molecule has 0 heterocycles. The molecule has 1 aromatic rings. The molecule has 0 bridgehead atoms. The van der Waals surface area contributed by atoms with Gasteiger partial charge in [0, 0.05) is 30.2 Å². The largest absolute Gasteiger partial charge is 0.481 e. The average molecular weight is 430 g/mol. The first kappa shape index (κ1) is 24.3. The lowest BCUT2D eigenvalue weighted by Gasteiger charge is -2.26. The van der Waals surface area contributed by atoms with Gasteiger partial charge in [-0.3, -0.25) is 4.79 Å². The predicted molar refractivity (Wildman–Crippen MR) is 113 cm³/mol. The van der Waals surface area contributed by atoms with E-state index in [9.17, 15) is 14.7 Å². The number of halogens is 1. The van der Waals surface area contributed by atoms with E-state index in [2.05, 4.69) is 0 Å². The van der Waals surface area contributed by atoms with Crippen LogP contribution in [0.2, 0.25) is 5.02 Å². The summed E-state index contributed by atoms with van der Waals surface area (Å²) in [6.45, 7) is 2.33. The number of nitrogens with zero attached hydrogens (tertiary/aromatic N) is 1. The molecule has 0 saturated carbocycles. The van der Waals surface area contributed by atoms with E-state index >= 15 is 0 Å². The van der Waals surface area contributed by atoms with Crippen molar-refractivity contribution in [2.24, 2.45) is 0 Å². The summed E-state index contributed by atoms with van der Waals surface area (Å²) in [5.74, 6) is 0.605. The second-order valence-electron chi connectivity index (χ2n) is 6.30. The van der Waals surface area contributed by atoms with Crippen LogP contribution >= 0.6 is 23.4 Å². The van der Waals surface area contributed by atoms with Gasteiger partial charge in [0.25, 0.3) is 0 Å². The Balaban J connectivity index is 2.51. The van der Waals surface area contributed by atoms with Crippen molar-refractivity contribution in [2.45, 2.75) is 38.3 Å². The first-order valence-electron chi connectivity index (χ1n) is 9.08. The third-order valence-electron chi connectivity index (χ3n) is 4.00. The summed E-state index contributed by atoms with van der Waals surface area (Å²) in [6, 6.07) is 7.08. The number of methoxy groups -OCH3 is 1. The number of ether oxygens (including phenoxy) is 1. The Kier molecular flexibility index (Phi) is 11.7. The van der Waals surface area contributed by atoms with Crippen LogP contribution in [0.5, 0.6) is 0 Å². The molecule has 0 aromatic heterocycles. The molecule has 28 heavy (non-hydrogen) atoms. The number of rotatable bonds is 12. The zero-order valence-corrected chi connectivity index (χ0v) is 17.8. The van der Waals surface area contributed by atoms with Gasteiger partial charge in [-0.15, -0.1) is 0 Å². The zero-order chi connectivity index (χ0) is 20.9. The minimum Gasteiger partial charge on any atom is -0.481 e. The monoisotopic (exact) mass is 429 g/mol. The summed E-state index contributed by atoms with van der Waals surface area (Å²) >= 11 is 7.55. The lowest BCUT2D eigenvalue weighted by molar-refractivity contribution is -0.137. The summed E-state index contributed by atoms with van der Waals surface area (Å²) in [7, 11) is 1.33. The third-order valence-corrected chi connectivity index (χ3v) is 5.29. The smallest absolute Gasteiger partial charge is 0.409 e. The molecule has 1 amide bonds. The Hall–Kier alpha value is -1.70. The fraction of sp³-hybridized carbons (Fsp3) is 0.500. The highest BCUT2D eigenvalue weighted by Crippen LogP contribution is 2.14. The van der Waals surface area contributed by atoms with E-state index in [-0.39, 0.29) is 12.5 Å². The number of carbonyl (C=O) groups is 2. The van der Waals surface area contributed by atoms with Gasteiger partial charge in [0.2, 0.25) is 0 Å². The SMILES string of the molecule is COC(=O)N(CCSCCCC(=O)O)C(C)/C=C/[C@@H](O)Cc1cccc(Cl)c1. The molecule has 8 heteroatoms. The van der Waals surface area contributed by atoms with Crippen LogP contribution in [-0.4, -0.2) is 64.5 Å². The van der Waals surface area contributed by atoms with Crippen LogP contribution in [0.4, 0.5) is 4.79 Å². The quantitative estimate of drug-likeness (QED) is 0.387. The van der Waals surface area contributed by atoms with Crippen LogP contribution in [0, 0.1) is 0 Å². The molecule has 0 aliphatic heterocycles. The van der Waals surface area contributed by atoms with Crippen LogP contribution in [-0.2, 0) is 16.0 Å². The Morgan fingerprint density at radius 3 is 2.71 bits per heavy atom. The van der Waals surface area contributed by atoms with Crippen molar-refractivity contribution >= 4 is 35.4 Å². The summed E-state index contributed by atoms with van der Waals surface area (Å²) < 4.78 is 4.85. The molecular formula is C20H28ClNO5S. The van der Waals surface area contributed by atoms with Gasteiger partial charge in [-0.2, -0.15) is 11.8 Å². The highest BCUT2D eigenvalue weighted by Gasteiger charge is 2.18. The number of carboxylic acid groups (broad SMARTS) is 1. The number of carbonyl (C=O) groups excluding carboxylic acids is 1. The van der Waals surface area contributed by atoms with Crippen molar-refractivity contribution in [3.05, 3.63) is 47.0 Å². The number of hydrogen-bond acceptors (Lipinski definition) is 5. The number of carboxylic acids is 1. The molecular weight excluding hydrogens is 402 g/mol. The fourth-order valence-electron chi connectivity index (χ4n) is 2.54. The average Bonchev–Trinajstić information content (AvgIpc) is 2.64. The van der Waals surface area contributed by atoms with E-state index in [1.54, 1.807) is 34.9 Å². The Bertz CT molecular complexity index is 655. The van der Waals surface area contributed by atoms with Crippen LogP contribution in [0.25, 0.3) is 0 Å². The summed E-state index contributed by atoms with van der Waals surface area (Å²) in [5.41, 5.74) is 0.930. The summed E-state index contributed by atoms with van der Waals surface area (Å²) in [6.07, 6.45) is 3.50. The lowest BCUT2D eigenvalue weighted by Crippen LogP contribution is -2.39. The molecule has 6 nitrogen and oxygen atoms in total. The normalized spacial score (nSPS) is 13.3. The maximum Gasteiger partial charge on any atom is 0.409 e. The zero-order valence-electron chi connectivity index (χ0n) is 16.2. The highest BCUT2D eigenvalue weighted by atomic mass is 35.5. The number of aliphatic hydroxyl groups excluding tert-OH is 1. The van der Waals surface area contributed by atoms with Crippen LogP contribution in [0.15, 0.2) is 36.4 Å². The van der Waals surface area contributed by atoms with Crippen molar-refractivity contribution in [2.75, 3.05) is 25.2 Å². The predicted octanol–water partition coefficient (Wildman–Crippen LogP) is 3.85. The molecule has 0 spiro atoms. The number of thioether (sulfide) groups is 1. The second kappa shape index (κ2) is 13.5. The van der Waals surface area contributed by atoms with Gasteiger partial charge in [-0.05, 0) is 36.8 Å². The molecule has 2 N–H and O–H groups in total. The topological polar surface area (TPSA) is 87.1 Å². The number of benzene rings is 1. The van der Waals surface area contributed by atoms with E-state index in [1.165, 1.54) is 7.11 Å². The fourth-order valence-corrected chi connectivity index (χ4v) is 3.63. The molecule has 0 fully saturated rings. The van der Waals surface area contributed by atoms with Gasteiger partial charge < -0.3 is 19.8 Å². The van der Waals surface area contributed by atoms with E-state index in [0.29, 0.717) is 30.2 Å². The van der Waals surface area contributed by atoms with Gasteiger partial charge in [-0.25, -0.2) is 4.79 Å².